The molecule has 3 aromatic carbocycles. The molecular weight excluding hydrogens is 409 g/mol. The summed E-state index contributed by atoms with van der Waals surface area (Å²) >= 11 is 17.6. The first-order chi connectivity index (χ1) is 13.5. The monoisotopic (exact) mass is 429 g/mol. The first-order valence-corrected chi connectivity index (χ1v) is 10.2. The van der Waals surface area contributed by atoms with Crippen LogP contribution in [0.25, 0.3) is 0 Å². The minimum absolute atomic E-state index is 0.381. The molecule has 0 bridgehead atoms. The van der Waals surface area contributed by atoms with Crippen LogP contribution in [0.5, 0.6) is 5.75 Å². The highest BCUT2D eigenvalue weighted by atomic mass is 35.5. The summed E-state index contributed by atoms with van der Waals surface area (Å²) in [5.74, 6) is 0.757. The molecule has 0 aliphatic carbocycles. The van der Waals surface area contributed by atoms with Gasteiger partial charge in [-0.2, -0.15) is 0 Å². The van der Waals surface area contributed by atoms with Crippen LogP contribution >= 0.6 is 35.4 Å². The zero-order valence-corrected chi connectivity index (χ0v) is 17.9. The van der Waals surface area contributed by atoms with E-state index in [1.165, 1.54) is 11.1 Å². The van der Waals surface area contributed by atoms with Gasteiger partial charge in [0.15, 0.2) is 0 Å². The Morgan fingerprint density at radius 2 is 1.61 bits per heavy atom. The lowest BCUT2D eigenvalue weighted by atomic mass is 10.1. The maximum atomic E-state index is 6.17. The Labute approximate surface area is 181 Å². The molecule has 0 saturated carbocycles. The first-order valence-electron chi connectivity index (χ1n) is 9.08. The number of aryl methyl sites for hydroxylation is 1. The van der Waals surface area contributed by atoms with Crippen molar-refractivity contribution in [3.63, 3.8) is 0 Å². The fourth-order valence-electron chi connectivity index (χ4n) is 2.68. The summed E-state index contributed by atoms with van der Waals surface area (Å²) in [6, 6.07) is 21.7. The van der Waals surface area contributed by atoms with Crippen LogP contribution in [0.3, 0.4) is 0 Å². The summed E-state index contributed by atoms with van der Waals surface area (Å²) in [5.41, 5.74) is 4.39. The highest BCUT2D eigenvalue weighted by molar-refractivity contribution is 7.80. The van der Waals surface area contributed by atoms with E-state index < -0.39 is 0 Å². The largest absolute Gasteiger partial charge is 0.489 e. The van der Waals surface area contributed by atoms with E-state index >= 15 is 0 Å². The van der Waals surface area contributed by atoms with Crippen molar-refractivity contribution >= 4 is 40.4 Å². The fraction of sp³-hybridized carbons (Fsp3) is 0.174. The van der Waals surface area contributed by atoms with Gasteiger partial charge in [-0.3, -0.25) is 0 Å². The molecule has 0 aliphatic rings. The molecule has 3 rings (SSSR count). The first kappa shape index (κ1) is 20.7. The third kappa shape index (κ3) is 5.71. The molecule has 0 aromatic heterocycles. The normalized spacial score (nSPS) is 10.5. The summed E-state index contributed by atoms with van der Waals surface area (Å²) < 4.78 is 5.81. The molecule has 0 fully saturated rings. The Hall–Kier alpha value is -2.07. The Morgan fingerprint density at radius 1 is 0.929 bits per heavy atom. The van der Waals surface area contributed by atoms with Crippen molar-refractivity contribution in [2.45, 2.75) is 26.5 Å². The zero-order valence-electron chi connectivity index (χ0n) is 15.5. The van der Waals surface area contributed by atoms with Gasteiger partial charge >= 0.3 is 0 Å². The van der Waals surface area contributed by atoms with E-state index in [0.717, 1.165) is 23.3 Å². The number of halogens is 2. The van der Waals surface area contributed by atoms with Gasteiger partial charge in [0.25, 0.3) is 0 Å². The topological polar surface area (TPSA) is 21.3 Å². The summed E-state index contributed by atoms with van der Waals surface area (Å²) in [7, 11) is 0. The van der Waals surface area contributed by atoms with Gasteiger partial charge in [0.05, 0.1) is 0 Å². The van der Waals surface area contributed by atoms with Crippen LogP contribution in [-0.4, -0.2) is 4.99 Å². The number of ether oxygens (including phenoxy) is 1. The number of hydrogen-bond acceptors (Lipinski definition) is 2. The van der Waals surface area contributed by atoms with Gasteiger partial charge in [-0.25, -0.2) is 0 Å². The van der Waals surface area contributed by atoms with E-state index in [1.54, 1.807) is 12.1 Å². The molecule has 0 heterocycles. The summed E-state index contributed by atoms with van der Waals surface area (Å²) in [5, 5.41) is 4.51. The summed E-state index contributed by atoms with van der Waals surface area (Å²) in [4.78, 5) is 0.715. The fourth-order valence-corrected chi connectivity index (χ4v) is 3.35. The van der Waals surface area contributed by atoms with Crippen molar-refractivity contribution in [3.05, 3.63) is 99.0 Å². The summed E-state index contributed by atoms with van der Waals surface area (Å²) in [6.45, 7) is 3.24. The average Bonchev–Trinajstić information content (AvgIpc) is 2.72. The van der Waals surface area contributed by atoms with Crippen molar-refractivity contribution in [2.75, 3.05) is 0 Å². The Kier molecular flexibility index (Phi) is 7.32. The van der Waals surface area contributed by atoms with Crippen molar-refractivity contribution in [3.8, 4) is 5.75 Å². The van der Waals surface area contributed by atoms with Crippen LogP contribution in [0.4, 0.5) is 0 Å². The van der Waals surface area contributed by atoms with Gasteiger partial charge in [0, 0.05) is 27.7 Å². The predicted molar refractivity (Wildman–Crippen MR) is 122 cm³/mol. The van der Waals surface area contributed by atoms with Crippen LogP contribution in [0.1, 0.15) is 29.2 Å². The van der Waals surface area contributed by atoms with Crippen LogP contribution < -0.4 is 10.1 Å². The van der Waals surface area contributed by atoms with Crippen molar-refractivity contribution in [1.82, 2.24) is 5.32 Å². The van der Waals surface area contributed by atoms with Gasteiger partial charge in [0.2, 0.25) is 0 Å². The SMILES string of the molecule is CCc1ccc(CNC(=S)c2ccc(OCc3ccc(Cl)cc3Cl)cc2)cc1. The lowest BCUT2D eigenvalue weighted by Gasteiger charge is -2.11. The Morgan fingerprint density at radius 3 is 2.25 bits per heavy atom. The minimum Gasteiger partial charge on any atom is -0.489 e. The second-order valence-corrected chi connectivity index (χ2v) is 7.65. The van der Waals surface area contributed by atoms with Crippen LogP contribution in [-0.2, 0) is 19.6 Å². The van der Waals surface area contributed by atoms with Crippen LogP contribution in [0.15, 0.2) is 66.7 Å². The molecule has 0 aliphatic heterocycles. The number of thiocarbonyl (C=S) groups is 1. The molecule has 0 radical (unpaired) electrons. The van der Waals surface area contributed by atoms with Crippen LogP contribution in [0, 0.1) is 0 Å². The van der Waals surface area contributed by atoms with E-state index in [2.05, 4.69) is 36.5 Å². The molecule has 0 amide bonds. The number of rotatable bonds is 7. The molecule has 0 saturated heterocycles. The second kappa shape index (κ2) is 9.92. The maximum Gasteiger partial charge on any atom is 0.119 e. The van der Waals surface area contributed by atoms with E-state index in [4.69, 9.17) is 40.2 Å². The predicted octanol–water partition coefficient (Wildman–Crippen LogP) is 6.60. The van der Waals surface area contributed by atoms with Crippen molar-refractivity contribution in [2.24, 2.45) is 0 Å². The van der Waals surface area contributed by atoms with Crippen LogP contribution in [0.2, 0.25) is 10.0 Å². The van der Waals surface area contributed by atoms with Crippen molar-refractivity contribution < 1.29 is 4.74 Å². The average molecular weight is 430 g/mol. The van der Waals surface area contributed by atoms with Gasteiger partial charge in [-0.05, 0) is 53.9 Å². The molecule has 5 heteroatoms. The maximum absolute atomic E-state index is 6.17. The van der Waals surface area contributed by atoms with Gasteiger partial charge in [-0.15, -0.1) is 0 Å². The Balaban J connectivity index is 1.53. The third-order valence-electron chi connectivity index (χ3n) is 4.41. The molecule has 1 N–H and O–H groups in total. The minimum atomic E-state index is 0.381. The highest BCUT2D eigenvalue weighted by Crippen LogP contribution is 2.23. The molecule has 0 atom stereocenters. The van der Waals surface area contributed by atoms with E-state index in [0.29, 0.717) is 28.2 Å². The number of benzene rings is 3. The lowest BCUT2D eigenvalue weighted by molar-refractivity contribution is 0.306. The third-order valence-corrected chi connectivity index (χ3v) is 5.38. The number of hydrogen-bond donors (Lipinski definition) is 1. The molecule has 0 unspecified atom stereocenters. The molecule has 0 spiro atoms. The van der Waals surface area contributed by atoms with Crippen molar-refractivity contribution in [1.29, 1.82) is 0 Å². The molecular formula is C23H21Cl2NOS. The van der Waals surface area contributed by atoms with E-state index in [-0.39, 0.29) is 0 Å². The second-order valence-electron chi connectivity index (χ2n) is 6.40. The standard InChI is InChI=1S/C23H21Cl2NOS/c1-2-16-3-5-17(6-4-16)14-26-23(28)18-8-11-21(12-9-18)27-15-19-7-10-20(24)13-22(19)25/h3-13H,2,14-15H2,1H3,(H,26,28). The quantitative estimate of drug-likeness (QED) is 0.427. The molecule has 144 valence electrons. The molecule has 2 nitrogen and oxygen atoms in total. The van der Waals surface area contributed by atoms with Gasteiger partial charge < -0.3 is 10.1 Å². The number of nitrogens with one attached hydrogen (secondary N) is 1. The highest BCUT2D eigenvalue weighted by Gasteiger charge is 2.05. The van der Waals surface area contributed by atoms with Gasteiger partial charge in [-0.1, -0.05) is 72.7 Å². The molecule has 28 heavy (non-hydrogen) atoms. The smallest absolute Gasteiger partial charge is 0.119 e. The Bertz CT molecular complexity index is 940. The summed E-state index contributed by atoms with van der Waals surface area (Å²) in [6.07, 6.45) is 1.05. The lowest BCUT2D eigenvalue weighted by Crippen LogP contribution is -2.21. The molecule has 3 aromatic rings. The van der Waals surface area contributed by atoms with E-state index in [1.807, 2.05) is 30.3 Å². The zero-order chi connectivity index (χ0) is 19.9. The van der Waals surface area contributed by atoms with Gasteiger partial charge in [0.1, 0.15) is 17.3 Å². The van der Waals surface area contributed by atoms with E-state index in [9.17, 15) is 0 Å².